The van der Waals surface area contributed by atoms with Crippen LogP contribution in [0.15, 0.2) is 23.4 Å². The Labute approximate surface area is 170 Å². The lowest BCUT2D eigenvalue weighted by Crippen LogP contribution is -2.15. The van der Waals surface area contributed by atoms with Gasteiger partial charge in [-0.1, -0.05) is 43.9 Å². The molecule has 1 fully saturated rings. The third kappa shape index (κ3) is 5.19. The Kier molecular flexibility index (Phi) is 7.19. The zero-order valence-electron chi connectivity index (χ0n) is 16.7. The van der Waals surface area contributed by atoms with Crippen LogP contribution >= 0.6 is 11.8 Å². The van der Waals surface area contributed by atoms with Crippen LogP contribution in [-0.2, 0) is 18.3 Å². The molecule has 0 radical (unpaired) electrons. The molecule has 152 valence electrons. The molecule has 8 heteroatoms. The molecule has 1 aliphatic rings. The quantitative estimate of drug-likeness (QED) is 0.676. The van der Waals surface area contributed by atoms with Crippen molar-refractivity contribution in [3.63, 3.8) is 0 Å². The Morgan fingerprint density at radius 2 is 2.00 bits per heavy atom. The fourth-order valence-corrected chi connectivity index (χ4v) is 4.25. The Hall–Kier alpha value is -2.22. The minimum Gasteiger partial charge on any atom is -0.497 e. The summed E-state index contributed by atoms with van der Waals surface area (Å²) in [4.78, 5) is 12.4. The second-order valence-electron chi connectivity index (χ2n) is 7.07. The monoisotopic (exact) mass is 404 g/mol. The maximum atomic E-state index is 12.4. The average molecular weight is 405 g/mol. The first-order chi connectivity index (χ1) is 13.6. The number of carbonyl (C=O) groups is 1. The lowest BCUT2D eigenvalue weighted by molar-refractivity contribution is -0.113. The highest BCUT2D eigenvalue weighted by Crippen LogP contribution is 2.30. The van der Waals surface area contributed by atoms with Crippen LogP contribution in [0, 0.1) is 5.92 Å². The summed E-state index contributed by atoms with van der Waals surface area (Å²) in [6.45, 7) is 0. The first-order valence-electron chi connectivity index (χ1n) is 9.63. The SMILES string of the molecule is COc1ccc(NC(=O)CSc2nnc(CC3CCCCC3)n2C)c(OC)c1. The number of nitrogens with one attached hydrogen (secondary N) is 1. The molecule has 3 rings (SSSR count). The van der Waals surface area contributed by atoms with E-state index in [1.165, 1.54) is 43.9 Å². The minimum absolute atomic E-state index is 0.120. The maximum absolute atomic E-state index is 12.4. The summed E-state index contributed by atoms with van der Waals surface area (Å²) < 4.78 is 12.5. The molecule has 1 saturated carbocycles. The molecule has 0 atom stereocenters. The van der Waals surface area contributed by atoms with E-state index in [0.717, 1.165) is 17.4 Å². The molecule has 1 aliphatic carbocycles. The molecule has 1 aromatic heterocycles. The molecule has 2 aromatic rings. The maximum Gasteiger partial charge on any atom is 0.234 e. The van der Waals surface area contributed by atoms with Gasteiger partial charge >= 0.3 is 0 Å². The molecule has 1 heterocycles. The van der Waals surface area contributed by atoms with Crippen LogP contribution in [-0.4, -0.2) is 40.6 Å². The van der Waals surface area contributed by atoms with E-state index >= 15 is 0 Å². The number of ether oxygens (including phenoxy) is 2. The number of nitrogens with zero attached hydrogens (tertiary/aromatic N) is 3. The van der Waals surface area contributed by atoms with E-state index in [2.05, 4.69) is 15.5 Å². The van der Waals surface area contributed by atoms with Crippen molar-refractivity contribution in [2.75, 3.05) is 25.3 Å². The van der Waals surface area contributed by atoms with Gasteiger partial charge in [0.1, 0.15) is 17.3 Å². The second kappa shape index (κ2) is 9.82. The van der Waals surface area contributed by atoms with Gasteiger partial charge in [0.15, 0.2) is 5.16 Å². The van der Waals surface area contributed by atoms with Crippen molar-refractivity contribution in [1.29, 1.82) is 0 Å². The van der Waals surface area contributed by atoms with E-state index in [4.69, 9.17) is 9.47 Å². The predicted octanol–water partition coefficient (Wildman–Crippen LogP) is 3.69. The molecular weight excluding hydrogens is 376 g/mol. The summed E-state index contributed by atoms with van der Waals surface area (Å²) in [5, 5.41) is 12.3. The van der Waals surface area contributed by atoms with E-state index in [9.17, 15) is 4.79 Å². The van der Waals surface area contributed by atoms with Crippen LogP contribution in [0.3, 0.4) is 0 Å². The van der Waals surface area contributed by atoms with Crippen molar-refractivity contribution in [2.45, 2.75) is 43.7 Å². The summed E-state index contributed by atoms with van der Waals surface area (Å²) in [6.07, 6.45) is 7.52. The number of anilines is 1. The molecule has 0 aliphatic heterocycles. The number of aromatic nitrogens is 3. The molecule has 1 amide bonds. The Morgan fingerprint density at radius 1 is 1.21 bits per heavy atom. The van der Waals surface area contributed by atoms with Gasteiger partial charge < -0.3 is 19.4 Å². The van der Waals surface area contributed by atoms with Gasteiger partial charge in [-0.05, 0) is 18.1 Å². The smallest absolute Gasteiger partial charge is 0.234 e. The summed E-state index contributed by atoms with van der Waals surface area (Å²) >= 11 is 1.39. The van der Waals surface area contributed by atoms with Crippen LogP contribution < -0.4 is 14.8 Å². The van der Waals surface area contributed by atoms with E-state index in [-0.39, 0.29) is 11.7 Å². The standard InChI is InChI=1S/C20H28N4O3S/c1-24-18(11-14-7-5-4-6-8-14)22-23-20(24)28-13-19(25)21-16-10-9-15(26-2)12-17(16)27-3/h9-10,12,14H,4-8,11,13H2,1-3H3,(H,21,25). The van der Waals surface area contributed by atoms with Gasteiger partial charge in [-0.15, -0.1) is 10.2 Å². The van der Waals surface area contributed by atoms with Crippen molar-refractivity contribution < 1.29 is 14.3 Å². The van der Waals surface area contributed by atoms with Gasteiger partial charge in [0.2, 0.25) is 5.91 Å². The summed E-state index contributed by atoms with van der Waals surface area (Å²) in [6, 6.07) is 5.29. The zero-order valence-corrected chi connectivity index (χ0v) is 17.6. The highest BCUT2D eigenvalue weighted by atomic mass is 32.2. The highest BCUT2D eigenvalue weighted by molar-refractivity contribution is 7.99. The molecule has 1 N–H and O–H groups in total. The number of hydrogen-bond acceptors (Lipinski definition) is 6. The fraction of sp³-hybridized carbons (Fsp3) is 0.550. The van der Waals surface area contributed by atoms with Crippen LogP contribution in [0.25, 0.3) is 0 Å². The first kappa shape index (κ1) is 20.5. The average Bonchev–Trinajstić information content (AvgIpc) is 3.07. The highest BCUT2D eigenvalue weighted by Gasteiger charge is 2.19. The number of methoxy groups -OCH3 is 2. The van der Waals surface area contributed by atoms with Gasteiger partial charge in [-0.25, -0.2) is 0 Å². The predicted molar refractivity (Wildman–Crippen MR) is 110 cm³/mol. The van der Waals surface area contributed by atoms with Crippen LogP contribution in [0.5, 0.6) is 11.5 Å². The molecule has 0 bridgehead atoms. The van der Waals surface area contributed by atoms with Crippen molar-refractivity contribution >= 4 is 23.4 Å². The molecule has 0 saturated heterocycles. The minimum atomic E-state index is -0.120. The molecule has 0 unspecified atom stereocenters. The lowest BCUT2D eigenvalue weighted by Gasteiger charge is -2.20. The molecule has 0 spiro atoms. The fourth-order valence-electron chi connectivity index (χ4n) is 3.52. The van der Waals surface area contributed by atoms with Crippen molar-refractivity contribution in [1.82, 2.24) is 14.8 Å². The number of benzene rings is 1. The van der Waals surface area contributed by atoms with Gasteiger partial charge in [0.05, 0.1) is 25.7 Å². The third-order valence-electron chi connectivity index (χ3n) is 5.14. The Morgan fingerprint density at radius 3 is 2.71 bits per heavy atom. The third-order valence-corrected chi connectivity index (χ3v) is 6.16. The van der Waals surface area contributed by atoms with Gasteiger partial charge in [0.25, 0.3) is 0 Å². The van der Waals surface area contributed by atoms with Crippen molar-refractivity contribution in [2.24, 2.45) is 13.0 Å². The molecule has 1 aromatic carbocycles. The zero-order chi connectivity index (χ0) is 19.9. The van der Waals surface area contributed by atoms with Gasteiger partial charge in [-0.3, -0.25) is 4.79 Å². The van der Waals surface area contributed by atoms with Crippen LogP contribution in [0.2, 0.25) is 0 Å². The molecule has 7 nitrogen and oxygen atoms in total. The topological polar surface area (TPSA) is 78.3 Å². The lowest BCUT2D eigenvalue weighted by atomic mass is 9.87. The number of hydrogen-bond donors (Lipinski definition) is 1. The van der Waals surface area contributed by atoms with Crippen LogP contribution in [0.1, 0.15) is 37.9 Å². The Bertz CT molecular complexity index is 803. The second-order valence-corrected chi connectivity index (χ2v) is 8.01. The van der Waals surface area contributed by atoms with Crippen LogP contribution in [0.4, 0.5) is 5.69 Å². The number of amides is 1. The van der Waals surface area contributed by atoms with E-state index < -0.39 is 0 Å². The van der Waals surface area contributed by atoms with Gasteiger partial charge in [-0.2, -0.15) is 0 Å². The molecular formula is C20H28N4O3S. The van der Waals surface area contributed by atoms with E-state index in [0.29, 0.717) is 23.1 Å². The summed E-state index contributed by atoms with van der Waals surface area (Å²) in [5.74, 6) is 3.09. The van der Waals surface area contributed by atoms with Crippen molar-refractivity contribution in [3.8, 4) is 11.5 Å². The largest absolute Gasteiger partial charge is 0.497 e. The summed E-state index contributed by atoms with van der Waals surface area (Å²) in [7, 11) is 5.13. The first-order valence-corrected chi connectivity index (χ1v) is 10.6. The van der Waals surface area contributed by atoms with Gasteiger partial charge in [0, 0.05) is 19.5 Å². The normalized spacial score (nSPS) is 14.7. The summed E-state index contributed by atoms with van der Waals surface area (Å²) in [5.41, 5.74) is 0.616. The number of carbonyl (C=O) groups excluding carboxylic acids is 1. The Balaban J connectivity index is 1.55. The number of thioether (sulfide) groups is 1. The van der Waals surface area contributed by atoms with Crippen molar-refractivity contribution in [3.05, 3.63) is 24.0 Å². The van der Waals surface area contributed by atoms with E-state index in [1.54, 1.807) is 32.4 Å². The van der Waals surface area contributed by atoms with E-state index in [1.807, 2.05) is 11.6 Å². The number of rotatable bonds is 8. The molecule has 28 heavy (non-hydrogen) atoms.